The largest absolute Gasteiger partial charge is 0.477 e. The molecule has 2 aliphatic heterocycles. The van der Waals surface area contributed by atoms with E-state index in [9.17, 15) is 0 Å². The quantitative estimate of drug-likeness (QED) is 0.660. The van der Waals surface area contributed by atoms with Gasteiger partial charge in [-0.15, -0.1) is 0 Å². The van der Waals surface area contributed by atoms with E-state index in [2.05, 4.69) is 41.9 Å². The molecular formula is C20H27N7O2. The van der Waals surface area contributed by atoms with Crippen molar-refractivity contribution in [3.05, 3.63) is 24.2 Å². The number of aromatic nitrogens is 5. The summed E-state index contributed by atoms with van der Waals surface area (Å²) >= 11 is 0. The number of hydrogen-bond donors (Lipinski definition) is 2. The Morgan fingerprint density at radius 2 is 2.21 bits per heavy atom. The molecule has 2 aliphatic rings. The van der Waals surface area contributed by atoms with E-state index in [0.717, 1.165) is 55.1 Å². The third-order valence-electron chi connectivity index (χ3n) is 5.86. The fraction of sp³-hybridized carbons (Fsp3) is 0.550. The van der Waals surface area contributed by atoms with Crippen molar-refractivity contribution in [2.75, 3.05) is 38.2 Å². The minimum absolute atomic E-state index is 0.380. The summed E-state index contributed by atoms with van der Waals surface area (Å²) in [5.41, 5.74) is 2.76. The van der Waals surface area contributed by atoms with Crippen molar-refractivity contribution >= 4 is 22.7 Å². The molecule has 2 saturated heterocycles. The first-order valence-electron chi connectivity index (χ1n) is 10.3. The van der Waals surface area contributed by atoms with Gasteiger partial charge in [0.05, 0.1) is 54.9 Å². The SMILES string of the molecule is CCOc1nc(Nc2cnn([C@H]3CCCN(C4COC4)C3)c2C)nc2[nH]ccc12. The molecule has 5 rings (SSSR count). The number of piperidine rings is 1. The van der Waals surface area contributed by atoms with Gasteiger partial charge in [0.2, 0.25) is 11.8 Å². The average molecular weight is 397 g/mol. The molecule has 9 nitrogen and oxygen atoms in total. The van der Waals surface area contributed by atoms with Gasteiger partial charge in [0.15, 0.2) is 0 Å². The van der Waals surface area contributed by atoms with E-state index in [1.807, 2.05) is 25.4 Å². The van der Waals surface area contributed by atoms with Gasteiger partial charge in [0.1, 0.15) is 5.65 Å². The van der Waals surface area contributed by atoms with Crippen molar-refractivity contribution in [2.24, 2.45) is 0 Å². The van der Waals surface area contributed by atoms with Crippen LogP contribution in [0, 0.1) is 6.92 Å². The molecule has 0 unspecified atom stereocenters. The van der Waals surface area contributed by atoms with Crippen LogP contribution in [0.4, 0.5) is 11.6 Å². The summed E-state index contributed by atoms with van der Waals surface area (Å²) in [6.07, 6.45) is 6.04. The van der Waals surface area contributed by atoms with Crippen LogP contribution in [-0.4, -0.2) is 68.6 Å². The van der Waals surface area contributed by atoms with Crippen molar-refractivity contribution in [1.82, 2.24) is 29.6 Å². The maximum absolute atomic E-state index is 5.69. The molecule has 154 valence electrons. The maximum atomic E-state index is 5.69. The van der Waals surface area contributed by atoms with E-state index in [-0.39, 0.29) is 0 Å². The van der Waals surface area contributed by atoms with Crippen LogP contribution in [-0.2, 0) is 4.74 Å². The molecule has 9 heteroatoms. The van der Waals surface area contributed by atoms with Crippen LogP contribution >= 0.6 is 0 Å². The van der Waals surface area contributed by atoms with Crippen molar-refractivity contribution in [2.45, 2.75) is 38.8 Å². The lowest BCUT2D eigenvalue weighted by atomic mass is 10.0. The van der Waals surface area contributed by atoms with Crippen LogP contribution in [0.2, 0.25) is 0 Å². The van der Waals surface area contributed by atoms with Crippen molar-refractivity contribution < 1.29 is 9.47 Å². The van der Waals surface area contributed by atoms with Crippen LogP contribution in [0.1, 0.15) is 31.5 Å². The molecule has 2 N–H and O–H groups in total. The predicted molar refractivity (Wildman–Crippen MR) is 110 cm³/mol. The smallest absolute Gasteiger partial charge is 0.232 e. The summed E-state index contributed by atoms with van der Waals surface area (Å²) in [6.45, 7) is 8.49. The van der Waals surface area contributed by atoms with E-state index >= 15 is 0 Å². The van der Waals surface area contributed by atoms with E-state index < -0.39 is 0 Å². The zero-order chi connectivity index (χ0) is 19.8. The number of fused-ring (bicyclic) bond motifs is 1. The minimum atomic E-state index is 0.380. The standard InChI is InChI=1S/C20H27N7O2/c1-3-29-19-16-6-7-21-18(16)24-20(25-19)23-17-9-22-27(13(17)2)14-5-4-8-26(10-14)15-11-28-12-15/h6-7,9,14-15H,3-5,8,10-12H2,1-2H3,(H2,21,23,24,25)/t14-/m0/s1. The van der Waals surface area contributed by atoms with Gasteiger partial charge >= 0.3 is 0 Å². The van der Waals surface area contributed by atoms with Crippen molar-refractivity contribution in [3.63, 3.8) is 0 Å². The Hall–Kier alpha value is -2.65. The molecule has 3 aromatic heterocycles. The number of likely N-dealkylation sites (tertiary alicyclic amines) is 1. The second kappa shape index (κ2) is 7.64. The normalized spacial score (nSPS) is 20.7. The van der Waals surface area contributed by atoms with Crippen LogP contribution < -0.4 is 10.1 Å². The lowest BCUT2D eigenvalue weighted by Crippen LogP contribution is -2.52. The summed E-state index contributed by atoms with van der Waals surface area (Å²) < 4.78 is 13.2. The summed E-state index contributed by atoms with van der Waals surface area (Å²) in [6, 6.07) is 2.88. The molecule has 0 aliphatic carbocycles. The van der Waals surface area contributed by atoms with Gasteiger partial charge in [-0.25, -0.2) is 0 Å². The lowest BCUT2D eigenvalue weighted by molar-refractivity contribution is -0.0758. The molecule has 5 heterocycles. The summed E-state index contributed by atoms with van der Waals surface area (Å²) in [4.78, 5) is 14.8. The third-order valence-corrected chi connectivity index (χ3v) is 5.86. The highest BCUT2D eigenvalue weighted by Gasteiger charge is 2.31. The number of hydrogen-bond acceptors (Lipinski definition) is 7. The number of rotatable bonds is 6. The van der Waals surface area contributed by atoms with Crippen molar-refractivity contribution in [1.29, 1.82) is 0 Å². The molecular weight excluding hydrogens is 370 g/mol. The summed E-state index contributed by atoms with van der Waals surface area (Å²) in [5, 5.41) is 8.90. The summed E-state index contributed by atoms with van der Waals surface area (Å²) in [7, 11) is 0. The summed E-state index contributed by atoms with van der Waals surface area (Å²) in [5.74, 6) is 1.08. The first-order chi connectivity index (χ1) is 14.2. The second-order valence-corrected chi connectivity index (χ2v) is 7.72. The molecule has 1 atom stereocenters. The maximum Gasteiger partial charge on any atom is 0.232 e. The molecule has 3 aromatic rings. The highest BCUT2D eigenvalue weighted by molar-refractivity contribution is 5.82. The van der Waals surface area contributed by atoms with E-state index in [1.54, 1.807) is 0 Å². The zero-order valence-corrected chi connectivity index (χ0v) is 16.9. The number of H-pyrrole nitrogens is 1. The molecule has 29 heavy (non-hydrogen) atoms. The van der Waals surface area contributed by atoms with Gasteiger partial charge in [0.25, 0.3) is 0 Å². The molecule has 2 fully saturated rings. The molecule has 0 spiro atoms. The first-order valence-corrected chi connectivity index (χ1v) is 10.3. The van der Waals surface area contributed by atoms with Gasteiger partial charge < -0.3 is 19.8 Å². The van der Waals surface area contributed by atoms with Gasteiger partial charge in [-0.2, -0.15) is 15.1 Å². The Morgan fingerprint density at radius 3 is 3.00 bits per heavy atom. The highest BCUT2D eigenvalue weighted by Crippen LogP contribution is 2.30. The Labute approximate surface area is 169 Å². The van der Waals surface area contributed by atoms with Gasteiger partial charge in [-0.1, -0.05) is 0 Å². The van der Waals surface area contributed by atoms with Crippen molar-refractivity contribution in [3.8, 4) is 5.88 Å². The monoisotopic (exact) mass is 397 g/mol. The van der Waals surface area contributed by atoms with Crippen LogP contribution in [0.5, 0.6) is 5.88 Å². The Morgan fingerprint density at radius 1 is 1.31 bits per heavy atom. The highest BCUT2D eigenvalue weighted by atomic mass is 16.5. The zero-order valence-electron chi connectivity index (χ0n) is 16.9. The third kappa shape index (κ3) is 3.44. The number of nitrogens with zero attached hydrogens (tertiary/aromatic N) is 5. The predicted octanol–water partition coefficient (Wildman–Crippen LogP) is 2.64. The molecule has 0 saturated carbocycles. The number of ether oxygens (including phenoxy) is 2. The fourth-order valence-corrected chi connectivity index (χ4v) is 4.20. The first kappa shape index (κ1) is 18.4. The van der Waals surface area contributed by atoms with Gasteiger partial charge in [-0.3, -0.25) is 9.58 Å². The molecule has 0 radical (unpaired) electrons. The molecule has 0 amide bonds. The van der Waals surface area contributed by atoms with E-state index in [4.69, 9.17) is 9.47 Å². The Bertz CT molecular complexity index is 994. The van der Waals surface area contributed by atoms with Gasteiger partial charge in [0, 0.05) is 12.7 Å². The lowest BCUT2D eigenvalue weighted by Gasteiger charge is -2.42. The Balaban J connectivity index is 1.36. The van der Waals surface area contributed by atoms with E-state index in [1.165, 1.54) is 6.42 Å². The van der Waals surface area contributed by atoms with E-state index in [0.29, 0.717) is 30.5 Å². The molecule has 0 bridgehead atoms. The number of anilines is 2. The minimum Gasteiger partial charge on any atom is -0.477 e. The van der Waals surface area contributed by atoms with Crippen LogP contribution in [0.25, 0.3) is 11.0 Å². The van der Waals surface area contributed by atoms with Crippen LogP contribution in [0.3, 0.4) is 0 Å². The van der Waals surface area contributed by atoms with Gasteiger partial charge in [-0.05, 0) is 39.3 Å². The number of nitrogens with one attached hydrogen (secondary N) is 2. The topological polar surface area (TPSA) is 93.1 Å². The van der Waals surface area contributed by atoms with Crippen LogP contribution in [0.15, 0.2) is 18.5 Å². The second-order valence-electron chi connectivity index (χ2n) is 7.72. The Kier molecular flexibility index (Phi) is 4.84. The fourth-order valence-electron chi connectivity index (χ4n) is 4.20. The molecule has 0 aromatic carbocycles. The average Bonchev–Trinajstić information content (AvgIpc) is 3.28. The number of aromatic amines is 1.